The number of carbonyl (C=O) groups is 1. The van der Waals surface area contributed by atoms with E-state index in [4.69, 9.17) is 4.42 Å². The van der Waals surface area contributed by atoms with Gasteiger partial charge in [-0.3, -0.25) is 4.79 Å². The molecule has 0 saturated carbocycles. The molecule has 1 heterocycles. The summed E-state index contributed by atoms with van der Waals surface area (Å²) in [4.78, 5) is 18.8. The first-order valence-corrected chi connectivity index (χ1v) is 7.80. The monoisotopic (exact) mass is 308 g/mol. The second-order valence-electron chi connectivity index (χ2n) is 5.69. The van der Waals surface area contributed by atoms with Crippen LogP contribution in [0.3, 0.4) is 0 Å². The summed E-state index contributed by atoms with van der Waals surface area (Å²) in [5.41, 5.74) is 4.57. The molecule has 4 heteroatoms. The molecule has 1 aromatic heterocycles. The van der Waals surface area contributed by atoms with Crippen molar-refractivity contribution < 1.29 is 9.21 Å². The Morgan fingerprint density at radius 1 is 1.17 bits per heavy atom. The second kappa shape index (κ2) is 6.24. The molecule has 0 fully saturated rings. The average molecular weight is 308 g/mol. The van der Waals surface area contributed by atoms with Gasteiger partial charge in [0.25, 0.3) is 0 Å². The van der Waals surface area contributed by atoms with Crippen LogP contribution in [0.15, 0.2) is 46.9 Å². The van der Waals surface area contributed by atoms with Crippen LogP contribution in [0.25, 0.3) is 11.1 Å². The molecule has 3 aromatic rings. The van der Waals surface area contributed by atoms with Gasteiger partial charge in [-0.1, -0.05) is 18.2 Å². The van der Waals surface area contributed by atoms with Gasteiger partial charge in [-0.25, -0.2) is 4.98 Å². The Hall–Kier alpha value is -2.62. The van der Waals surface area contributed by atoms with Gasteiger partial charge in [-0.15, -0.1) is 0 Å². The highest BCUT2D eigenvalue weighted by atomic mass is 16.3. The van der Waals surface area contributed by atoms with E-state index in [1.165, 1.54) is 0 Å². The number of likely N-dealkylation sites (N-methyl/N-ethyl adjacent to an activating group) is 1. The van der Waals surface area contributed by atoms with Crippen LogP contribution in [-0.4, -0.2) is 17.4 Å². The quantitative estimate of drug-likeness (QED) is 0.730. The van der Waals surface area contributed by atoms with Crippen molar-refractivity contribution in [1.82, 2.24) is 4.98 Å². The van der Waals surface area contributed by atoms with Gasteiger partial charge in [0, 0.05) is 19.2 Å². The first kappa shape index (κ1) is 15.3. The third-order valence-electron chi connectivity index (χ3n) is 3.85. The summed E-state index contributed by atoms with van der Waals surface area (Å²) in [6.45, 7) is 6.48. The van der Waals surface area contributed by atoms with Gasteiger partial charge in [-0.05, 0) is 49.2 Å². The van der Waals surface area contributed by atoms with E-state index in [0.29, 0.717) is 18.9 Å². The fraction of sp³-hybridized carbons (Fsp3) is 0.263. The molecule has 0 radical (unpaired) electrons. The zero-order valence-corrected chi connectivity index (χ0v) is 13.7. The number of amides is 1. The Kier molecular flexibility index (Phi) is 4.15. The molecule has 4 nitrogen and oxygen atoms in total. The predicted octanol–water partition coefficient (Wildman–Crippen LogP) is 4.04. The minimum atomic E-state index is 0.0775. The summed E-state index contributed by atoms with van der Waals surface area (Å²) in [5.74, 6) is 0.715. The summed E-state index contributed by atoms with van der Waals surface area (Å²) < 4.78 is 5.54. The van der Waals surface area contributed by atoms with Crippen LogP contribution in [0.1, 0.15) is 23.9 Å². The summed E-state index contributed by atoms with van der Waals surface area (Å²) >= 11 is 0. The predicted molar refractivity (Wildman–Crippen MR) is 91.7 cm³/mol. The van der Waals surface area contributed by atoms with Crippen LogP contribution in [0, 0.1) is 13.8 Å². The molecule has 118 valence electrons. The number of nitrogens with zero attached hydrogens (tertiary/aromatic N) is 2. The van der Waals surface area contributed by atoms with Crippen LogP contribution < -0.4 is 4.90 Å². The number of aromatic nitrogens is 1. The van der Waals surface area contributed by atoms with Crippen molar-refractivity contribution in [3.8, 4) is 0 Å². The Labute approximate surface area is 135 Å². The standard InChI is InChI=1S/C19H20N2O2/c1-4-21(16-7-5-6-13(2)10-16)19(22)12-15-8-9-17-18(11-15)23-14(3)20-17/h5-11H,4,12H2,1-3H3. The lowest BCUT2D eigenvalue weighted by atomic mass is 10.1. The summed E-state index contributed by atoms with van der Waals surface area (Å²) in [6, 6.07) is 13.7. The highest BCUT2D eigenvalue weighted by Gasteiger charge is 2.15. The van der Waals surface area contributed by atoms with Gasteiger partial charge in [0.1, 0.15) is 5.52 Å². The number of hydrogen-bond acceptors (Lipinski definition) is 3. The maximum absolute atomic E-state index is 12.7. The second-order valence-corrected chi connectivity index (χ2v) is 5.69. The molecule has 0 aliphatic rings. The maximum Gasteiger partial charge on any atom is 0.231 e. The Bertz CT molecular complexity index is 851. The molecule has 0 unspecified atom stereocenters. The van der Waals surface area contributed by atoms with E-state index in [1.807, 2.05) is 68.1 Å². The fourth-order valence-corrected chi connectivity index (χ4v) is 2.76. The molecule has 23 heavy (non-hydrogen) atoms. The van der Waals surface area contributed by atoms with Crippen LogP contribution in [0.2, 0.25) is 0 Å². The van der Waals surface area contributed by atoms with E-state index in [9.17, 15) is 4.79 Å². The number of hydrogen-bond donors (Lipinski definition) is 0. The van der Waals surface area contributed by atoms with Crippen LogP contribution in [0.4, 0.5) is 5.69 Å². The summed E-state index contributed by atoms with van der Waals surface area (Å²) in [5, 5.41) is 0. The van der Waals surface area contributed by atoms with Crippen molar-refractivity contribution in [3.63, 3.8) is 0 Å². The van der Waals surface area contributed by atoms with Crippen molar-refractivity contribution >= 4 is 22.7 Å². The number of aryl methyl sites for hydroxylation is 2. The number of fused-ring (bicyclic) bond motifs is 1. The van der Waals surface area contributed by atoms with Crippen molar-refractivity contribution in [3.05, 3.63) is 59.5 Å². The molecule has 2 aromatic carbocycles. The minimum absolute atomic E-state index is 0.0775. The van der Waals surface area contributed by atoms with Crippen molar-refractivity contribution in [2.45, 2.75) is 27.2 Å². The SMILES string of the molecule is CCN(C(=O)Cc1ccc2nc(C)oc2c1)c1cccc(C)c1. The molecule has 0 aliphatic heterocycles. The molecule has 0 atom stereocenters. The van der Waals surface area contributed by atoms with E-state index in [1.54, 1.807) is 0 Å². The van der Waals surface area contributed by atoms with Gasteiger partial charge in [-0.2, -0.15) is 0 Å². The zero-order valence-electron chi connectivity index (χ0n) is 13.7. The molecular weight excluding hydrogens is 288 g/mol. The Morgan fingerprint density at radius 3 is 2.74 bits per heavy atom. The highest BCUT2D eigenvalue weighted by Crippen LogP contribution is 2.20. The Balaban J connectivity index is 1.83. The fourth-order valence-electron chi connectivity index (χ4n) is 2.76. The van der Waals surface area contributed by atoms with Crippen LogP contribution >= 0.6 is 0 Å². The molecule has 1 amide bonds. The molecule has 0 saturated heterocycles. The topological polar surface area (TPSA) is 46.3 Å². The normalized spacial score (nSPS) is 10.9. The van der Waals surface area contributed by atoms with E-state index in [-0.39, 0.29) is 5.91 Å². The van der Waals surface area contributed by atoms with Gasteiger partial charge >= 0.3 is 0 Å². The minimum Gasteiger partial charge on any atom is -0.441 e. The lowest BCUT2D eigenvalue weighted by Crippen LogP contribution is -2.32. The van der Waals surface area contributed by atoms with Crippen LogP contribution in [0.5, 0.6) is 0 Å². The number of rotatable bonds is 4. The number of anilines is 1. The third kappa shape index (κ3) is 3.26. The highest BCUT2D eigenvalue weighted by molar-refractivity contribution is 5.95. The largest absolute Gasteiger partial charge is 0.441 e. The van der Waals surface area contributed by atoms with E-state index < -0.39 is 0 Å². The van der Waals surface area contributed by atoms with Gasteiger partial charge in [0.15, 0.2) is 11.5 Å². The van der Waals surface area contributed by atoms with Crippen molar-refractivity contribution in [2.75, 3.05) is 11.4 Å². The number of benzene rings is 2. The van der Waals surface area contributed by atoms with Gasteiger partial charge < -0.3 is 9.32 Å². The maximum atomic E-state index is 12.7. The molecule has 0 N–H and O–H groups in total. The summed E-state index contributed by atoms with van der Waals surface area (Å²) in [7, 11) is 0. The molecule has 0 bridgehead atoms. The van der Waals surface area contributed by atoms with Crippen molar-refractivity contribution in [2.24, 2.45) is 0 Å². The average Bonchev–Trinajstić information content (AvgIpc) is 2.87. The van der Waals surface area contributed by atoms with Crippen LogP contribution in [-0.2, 0) is 11.2 Å². The molecular formula is C19H20N2O2. The summed E-state index contributed by atoms with van der Waals surface area (Å²) in [6.07, 6.45) is 0.345. The lowest BCUT2D eigenvalue weighted by molar-refractivity contribution is -0.117. The van der Waals surface area contributed by atoms with Gasteiger partial charge in [0.05, 0.1) is 6.42 Å². The van der Waals surface area contributed by atoms with Gasteiger partial charge in [0.2, 0.25) is 5.91 Å². The lowest BCUT2D eigenvalue weighted by Gasteiger charge is -2.21. The first-order valence-electron chi connectivity index (χ1n) is 7.80. The van der Waals surface area contributed by atoms with Crippen molar-refractivity contribution in [1.29, 1.82) is 0 Å². The molecule has 0 aliphatic carbocycles. The van der Waals surface area contributed by atoms with E-state index in [2.05, 4.69) is 4.98 Å². The number of oxazole rings is 1. The van der Waals surface area contributed by atoms with E-state index in [0.717, 1.165) is 27.9 Å². The third-order valence-corrected chi connectivity index (χ3v) is 3.85. The molecule has 3 rings (SSSR count). The first-order chi connectivity index (χ1) is 11.1. The molecule has 0 spiro atoms. The zero-order chi connectivity index (χ0) is 16.4. The number of carbonyl (C=O) groups excluding carboxylic acids is 1. The smallest absolute Gasteiger partial charge is 0.231 e. The Morgan fingerprint density at radius 2 is 2.00 bits per heavy atom. The van der Waals surface area contributed by atoms with E-state index >= 15 is 0 Å².